The molecule has 1 amide bonds. The van der Waals surface area contributed by atoms with E-state index in [1.54, 1.807) is 19.1 Å². The molecule has 0 spiro atoms. The molecule has 0 heterocycles. The number of hydrogen-bond acceptors (Lipinski definition) is 2. The Balaban J connectivity index is 1.24. The summed E-state index contributed by atoms with van der Waals surface area (Å²) < 4.78 is 5.80. The number of ether oxygens (including phenoxy) is 1. The van der Waals surface area contributed by atoms with Gasteiger partial charge >= 0.3 is 0 Å². The summed E-state index contributed by atoms with van der Waals surface area (Å²) in [6, 6.07) is 14.1. The molecule has 0 radical (unpaired) electrons. The Kier molecular flexibility index (Phi) is 5.05. The maximum Gasteiger partial charge on any atom is 0.265 e. The number of aryl methyl sites for hydroxylation is 1. The number of hydrogen-bond donors (Lipinski definition) is 1. The van der Waals surface area contributed by atoms with Crippen molar-refractivity contribution >= 4 is 23.2 Å². The molecule has 4 aliphatic carbocycles. The monoisotopic (exact) mass is 423 g/mol. The molecule has 4 aliphatic rings. The lowest BCUT2D eigenvalue weighted by atomic mass is 9.48. The minimum absolute atomic E-state index is 0.148. The molecule has 0 saturated heterocycles. The van der Waals surface area contributed by atoms with Gasteiger partial charge in [-0.2, -0.15) is 0 Å². The molecular weight excluding hydrogens is 394 g/mol. The van der Waals surface area contributed by atoms with E-state index >= 15 is 0 Å². The van der Waals surface area contributed by atoms with Gasteiger partial charge in [0.05, 0.1) is 0 Å². The first kappa shape index (κ1) is 19.9. The van der Waals surface area contributed by atoms with Gasteiger partial charge in [0, 0.05) is 10.7 Å². The molecule has 1 atom stereocenters. The molecule has 4 saturated carbocycles. The number of benzene rings is 2. The molecular formula is C26H30ClNO2. The van der Waals surface area contributed by atoms with E-state index in [0.717, 1.165) is 29.0 Å². The summed E-state index contributed by atoms with van der Waals surface area (Å²) in [7, 11) is 0. The van der Waals surface area contributed by atoms with Crippen LogP contribution in [-0.2, 0) is 10.2 Å². The largest absolute Gasteiger partial charge is 0.481 e. The lowest BCUT2D eigenvalue weighted by molar-refractivity contribution is -0.122. The van der Waals surface area contributed by atoms with Crippen LogP contribution in [0.25, 0.3) is 0 Å². The molecule has 1 N–H and O–H groups in total. The van der Waals surface area contributed by atoms with Crippen LogP contribution in [0.3, 0.4) is 0 Å². The van der Waals surface area contributed by atoms with Gasteiger partial charge in [-0.1, -0.05) is 23.7 Å². The van der Waals surface area contributed by atoms with E-state index in [0.29, 0.717) is 16.2 Å². The van der Waals surface area contributed by atoms with Gasteiger partial charge in [-0.05, 0) is 117 Å². The molecule has 6 rings (SSSR count). The van der Waals surface area contributed by atoms with Crippen molar-refractivity contribution in [1.82, 2.24) is 0 Å². The van der Waals surface area contributed by atoms with Gasteiger partial charge in [0.2, 0.25) is 0 Å². The Labute approximate surface area is 184 Å². The normalized spacial score (nSPS) is 30.2. The molecule has 4 bridgehead atoms. The summed E-state index contributed by atoms with van der Waals surface area (Å²) in [5, 5.41) is 3.69. The Hall–Kier alpha value is -2.00. The second kappa shape index (κ2) is 7.60. The third kappa shape index (κ3) is 3.73. The van der Waals surface area contributed by atoms with Crippen molar-refractivity contribution in [1.29, 1.82) is 0 Å². The molecule has 2 aromatic carbocycles. The average molecular weight is 424 g/mol. The standard InChI is InChI=1S/C26H30ClNO2/c1-16-9-23(7-8-24(16)27)30-17(2)25(29)28-22-5-3-21(4-6-22)26-13-18-10-19(14-26)12-20(11-18)15-26/h3-9,17-20H,10-15H2,1-2H3,(H,28,29)/t17-,18?,19?,20?,26?/m0/s1. The van der Waals surface area contributed by atoms with Crippen LogP contribution in [-0.4, -0.2) is 12.0 Å². The molecule has 4 heteroatoms. The van der Waals surface area contributed by atoms with E-state index in [1.807, 2.05) is 13.0 Å². The molecule has 0 aliphatic heterocycles. The Morgan fingerprint density at radius 1 is 1.03 bits per heavy atom. The minimum Gasteiger partial charge on any atom is -0.481 e. The lowest BCUT2D eigenvalue weighted by Gasteiger charge is -2.57. The Morgan fingerprint density at radius 2 is 1.63 bits per heavy atom. The summed E-state index contributed by atoms with van der Waals surface area (Å²) in [6.45, 7) is 3.69. The van der Waals surface area contributed by atoms with Gasteiger partial charge in [-0.25, -0.2) is 0 Å². The van der Waals surface area contributed by atoms with Crippen molar-refractivity contribution in [2.75, 3.05) is 5.32 Å². The van der Waals surface area contributed by atoms with Gasteiger partial charge in [-0.3, -0.25) is 4.79 Å². The predicted octanol–water partition coefficient (Wildman–Crippen LogP) is 6.52. The number of rotatable bonds is 5. The maximum absolute atomic E-state index is 12.6. The molecule has 158 valence electrons. The molecule has 0 aromatic heterocycles. The second-order valence-corrected chi connectivity index (χ2v) is 10.3. The first-order valence-electron chi connectivity index (χ1n) is 11.2. The zero-order valence-electron chi connectivity index (χ0n) is 17.8. The van der Waals surface area contributed by atoms with E-state index in [4.69, 9.17) is 16.3 Å². The highest BCUT2D eigenvalue weighted by Gasteiger charge is 2.51. The fraction of sp³-hybridized carbons (Fsp3) is 0.500. The van der Waals surface area contributed by atoms with Crippen LogP contribution < -0.4 is 10.1 Å². The lowest BCUT2D eigenvalue weighted by Crippen LogP contribution is -2.48. The average Bonchev–Trinajstić information content (AvgIpc) is 2.70. The van der Waals surface area contributed by atoms with Gasteiger partial charge in [0.1, 0.15) is 5.75 Å². The molecule has 30 heavy (non-hydrogen) atoms. The number of carbonyl (C=O) groups is 1. The first-order valence-corrected chi connectivity index (χ1v) is 11.6. The van der Waals surface area contributed by atoms with Crippen molar-refractivity contribution in [3.8, 4) is 5.75 Å². The maximum atomic E-state index is 12.6. The van der Waals surface area contributed by atoms with Crippen LogP contribution >= 0.6 is 11.6 Å². The Bertz CT molecular complexity index is 917. The van der Waals surface area contributed by atoms with E-state index in [9.17, 15) is 4.79 Å². The molecule has 2 aromatic rings. The predicted molar refractivity (Wildman–Crippen MR) is 121 cm³/mol. The van der Waals surface area contributed by atoms with E-state index in [2.05, 4.69) is 29.6 Å². The van der Waals surface area contributed by atoms with Gasteiger partial charge in [0.25, 0.3) is 5.91 Å². The molecule has 3 nitrogen and oxygen atoms in total. The van der Waals surface area contributed by atoms with Crippen molar-refractivity contribution < 1.29 is 9.53 Å². The van der Waals surface area contributed by atoms with Crippen LogP contribution in [0.1, 0.15) is 56.6 Å². The summed E-state index contributed by atoms with van der Waals surface area (Å²) in [5.41, 5.74) is 3.62. The molecule has 4 fully saturated rings. The van der Waals surface area contributed by atoms with Gasteiger partial charge < -0.3 is 10.1 Å². The van der Waals surface area contributed by atoms with E-state index in [-0.39, 0.29) is 5.91 Å². The highest BCUT2D eigenvalue weighted by Crippen LogP contribution is 2.60. The summed E-state index contributed by atoms with van der Waals surface area (Å²) in [6.07, 6.45) is 7.85. The van der Waals surface area contributed by atoms with Crippen molar-refractivity contribution in [3.05, 3.63) is 58.6 Å². The number of carbonyl (C=O) groups excluding carboxylic acids is 1. The van der Waals surface area contributed by atoms with Crippen molar-refractivity contribution in [2.24, 2.45) is 17.8 Å². The third-order valence-electron chi connectivity index (χ3n) is 7.61. The highest BCUT2D eigenvalue weighted by molar-refractivity contribution is 6.31. The third-order valence-corrected chi connectivity index (χ3v) is 8.04. The quantitative estimate of drug-likeness (QED) is 0.594. The fourth-order valence-electron chi connectivity index (χ4n) is 6.56. The second-order valence-electron chi connectivity index (χ2n) is 9.94. The zero-order valence-corrected chi connectivity index (χ0v) is 18.5. The minimum atomic E-state index is -0.589. The number of anilines is 1. The summed E-state index contributed by atoms with van der Waals surface area (Å²) in [4.78, 5) is 12.6. The highest BCUT2D eigenvalue weighted by atomic mass is 35.5. The van der Waals surface area contributed by atoms with Gasteiger partial charge in [-0.15, -0.1) is 0 Å². The smallest absolute Gasteiger partial charge is 0.265 e. The SMILES string of the molecule is Cc1cc(O[C@@H](C)C(=O)Nc2ccc(C34CC5CC(CC(C5)C3)C4)cc2)ccc1Cl. The van der Waals surface area contributed by atoms with Crippen LogP contribution in [0, 0.1) is 24.7 Å². The van der Waals surface area contributed by atoms with Gasteiger partial charge in [0.15, 0.2) is 6.10 Å². The summed E-state index contributed by atoms with van der Waals surface area (Å²) in [5.74, 6) is 3.31. The van der Waals surface area contributed by atoms with Crippen LogP contribution in [0.2, 0.25) is 5.02 Å². The molecule has 0 unspecified atom stereocenters. The van der Waals surface area contributed by atoms with E-state index in [1.165, 1.54) is 44.1 Å². The van der Waals surface area contributed by atoms with E-state index < -0.39 is 6.10 Å². The number of nitrogens with one attached hydrogen (secondary N) is 1. The number of halogens is 1. The topological polar surface area (TPSA) is 38.3 Å². The fourth-order valence-corrected chi connectivity index (χ4v) is 6.68. The van der Waals surface area contributed by atoms with Crippen LogP contribution in [0.4, 0.5) is 5.69 Å². The first-order chi connectivity index (χ1) is 14.4. The van der Waals surface area contributed by atoms with Crippen LogP contribution in [0.5, 0.6) is 5.75 Å². The van der Waals surface area contributed by atoms with Crippen molar-refractivity contribution in [3.63, 3.8) is 0 Å². The van der Waals surface area contributed by atoms with Crippen LogP contribution in [0.15, 0.2) is 42.5 Å². The number of amides is 1. The van der Waals surface area contributed by atoms with Crippen molar-refractivity contribution in [2.45, 2.75) is 63.9 Å². The Morgan fingerprint density at radius 3 is 2.20 bits per heavy atom. The zero-order chi connectivity index (χ0) is 20.9. The summed E-state index contributed by atoms with van der Waals surface area (Å²) >= 11 is 6.06.